The highest BCUT2D eigenvalue weighted by atomic mass is 32.1. The number of aromatic nitrogens is 2. The predicted octanol–water partition coefficient (Wildman–Crippen LogP) is 3.32. The van der Waals surface area contributed by atoms with Crippen molar-refractivity contribution in [3.63, 3.8) is 0 Å². The van der Waals surface area contributed by atoms with Crippen LogP contribution in [0, 0.1) is 11.6 Å². The minimum atomic E-state index is -0.713. The van der Waals surface area contributed by atoms with Crippen LogP contribution in [0.25, 0.3) is 11.3 Å². The van der Waals surface area contributed by atoms with Gasteiger partial charge in [-0.05, 0) is 24.3 Å². The van der Waals surface area contributed by atoms with E-state index in [1.165, 1.54) is 29.8 Å². The van der Waals surface area contributed by atoms with Gasteiger partial charge in [-0.1, -0.05) is 6.07 Å². The lowest BCUT2D eigenvalue weighted by Gasteiger charge is -2.02. The maximum atomic E-state index is 13.7. The molecule has 0 aliphatic heterocycles. The summed E-state index contributed by atoms with van der Waals surface area (Å²) in [6.45, 7) is 0. The molecule has 0 saturated carbocycles. The summed E-state index contributed by atoms with van der Waals surface area (Å²) in [5.74, 6) is -1.65. The fourth-order valence-corrected chi connectivity index (χ4v) is 2.64. The van der Waals surface area contributed by atoms with Gasteiger partial charge in [-0.3, -0.25) is 10.1 Å². The Hall–Kier alpha value is -2.87. The number of pyridine rings is 1. The van der Waals surface area contributed by atoms with Crippen LogP contribution in [0.4, 0.5) is 19.7 Å². The molecule has 3 rings (SSSR count). The first-order valence-corrected chi connectivity index (χ1v) is 7.35. The second-order valence-electron chi connectivity index (χ2n) is 4.56. The van der Waals surface area contributed by atoms with Gasteiger partial charge in [0.2, 0.25) is 0 Å². The number of nitrogens with one attached hydrogen (secondary N) is 1. The van der Waals surface area contributed by atoms with Gasteiger partial charge in [-0.2, -0.15) is 0 Å². The van der Waals surface area contributed by atoms with Gasteiger partial charge in [0, 0.05) is 17.1 Å². The summed E-state index contributed by atoms with van der Waals surface area (Å²) >= 11 is 1.07. The Morgan fingerprint density at radius 3 is 2.65 bits per heavy atom. The molecule has 0 fully saturated rings. The Balaban J connectivity index is 1.84. The molecule has 0 radical (unpaired) electrons. The second-order valence-corrected chi connectivity index (χ2v) is 5.42. The molecule has 0 bridgehead atoms. The molecule has 3 aromatic rings. The molecule has 0 atom stereocenters. The van der Waals surface area contributed by atoms with Crippen molar-refractivity contribution in [2.45, 2.75) is 0 Å². The van der Waals surface area contributed by atoms with Crippen molar-refractivity contribution in [2.75, 3.05) is 11.1 Å². The lowest BCUT2D eigenvalue weighted by Crippen LogP contribution is -2.12. The molecule has 3 N–H and O–H groups in total. The number of halogens is 2. The summed E-state index contributed by atoms with van der Waals surface area (Å²) in [5.41, 5.74) is 5.72. The maximum absolute atomic E-state index is 13.7. The summed E-state index contributed by atoms with van der Waals surface area (Å²) in [6.07, 6.45) is 1.41. The number of amides is 1. The Kier molecular flexibility index (Phi) is 3.98. The molecule has 116 valence electrons. The van der Waals surface area contributed by atoms with E-state index in [-0.39, 0.29) is 22.2 Å². The van der Waals surface area contributed by atoms with E-state index >= 15 is 0 Å². The zero-order valence-electron chi connectivity index (χ0n) is 11.6. The number of nitrogen functional groups attached to an aromatic ring is 1. The van der Waals surface area contributed by atoms with E-state index in [0.29, 0.717) is 5.56 Å². The van der Waals surface area contributed by atoms with E-state index in [2.05, 4.69) is 15.3 Å². The van der Waals surface area contributed by atoms with E-state index in [1.807, 2.05) is 0 Å². The normalized spacial score (nSPS) is 10.5. The summed E-state index contributed by atoms with van der Waals surface area (Å²) in [5, 5.41) is 4.25. The Morgan fingerprint density at radius 1 is 1.22 bits per heavy atom. The average Bonchev–Trinajstić information content (AvgIpc) is 2.95. The molecule has 23 heavy (non-hydrogen) atoms. The third-order valence-corrected chi connectivity index (χ3v) is 3.74. The van der Waals surface area contributed by atoms with Gasteiger partial charge in [0.1, 0.15) is 17.5 Å². The molecule has 1 aromatic carbocycles. The van der Waals surface area contributed by atoms with Crippen LogP contribution >= 0.6 is 11.3 Å². The third-order valence-electron chi connectivity index (χ3n) is 2.99. The predicted molar refractivity (Wildman–Crippen MR) is 84.1 cm³/mol. The molecule has 0 unspecified atom stereocenters. The minimum Gasteiger partial charge on any atom is -0.384 e. The van der Waals surface area contributed by atoms with Gasteiger partial charge in [-0.25, -0.2) is 18.7 Å². The number of hydrogen-bond donors (Lipinski definition) is 2. The molecule has 0 spiro atoms. The number of carbonyl (C=O) groups excluding carboxylic acids is 1. The van der Waals surface area contributed by atoms with Gasteiger partial charge in [0.25, 0.3) is 5.91 Å². The number of hydrogen-bond acceptors (Lipinski definition) is 5. The zero-order chi connectivity index (χ0) is 16.4. The third kappa shape index (κ3) is 3.16. The van der Waals surface area contributed by atoms with Gasteiger partial charge in [0.05, 0.1) is 11.3 Å². The van der Waals surface area contributed by atoms with Crippen LogP contribution in [0.2, 0.25) is 0 Å². The molecular weight excluding hydrogens is 322 g/mol. The van der Waals surface area contributed by atoms with Gasteiger partial charge >= 0.3 is 0 Å². The molecule has 8 heteroatoms. The van der Waals surface area contributed by atoms with Crippen LogP contribution in [0.5, 0.6) is 0 Å². The number of anilines is 2. The number of benzene rings is 1. The monoisotopic (exact) mass is 332 g/mol. The quantitative estimate of drug-likeness (QED) is 0.771. The lowest BCUT2D eigenvalue weighted by molar-refractivity contribution is 0.102. The van der Waals surface area contributed by atoms with Crippen molar-refractivity contribution >= 4 is 28.2 Å². The maximum Gasteiger partial charge on any atom is 0.257 e. The summed E-state index contributed by atoms with van der Waals surface area (Å²) in [4.78, 5) is 19.9. The van der Waals surface area contributed by atoms with E-state index in [1.54, 1.807) is 0 Å². The molecule has 2 heterocycles. The smallest absolute Gasteiger partial charge is 0.257 e. The number of nitrogens with zero attached hydrogens (tertiary/aromatic N) is 2. The number of nitrogens with two attached hydrogens (primary N) is 1. The second kappa shape index (κ2) is 6.09. The molecule has 0 aliphatic carbocycles. The van der Waals surface area contributed by atoms with Crippen molar-refractivity contribution < 1.29 is 13.6 Å². The van der Waals surface area contributed by atoms with Crippen LogP contribution in [-0.4, -0.2) is 15.9 Å². The Labute approximate surface area is 133 Å². The van der Waals surface area contributed by atoms with Crippen LogP contribution in [0.15, 0.2) is 41.9 Å². The van der Waals surface area contributed by atoms with E-state index in [9.17, 15) is 13.6 Å². The fraction of sp³-hybridized carbons (Fsp3) is 0. The van der Waals surface area contributed by atoms with E-state index in [4.69, 9.17) is 5.73 Å². The highest BCUT2D eigenvalue weighted by Crippen LogP contribution is 2.29. The van der Waals surface area contributed by atoms with Gasteiger partial charge < -0.3 is 5.73 Å². The standard InChI is InChI=1S/C15H10F2N4OS/c16-9-2-1-3-10(17)13(9)11-7-23-15(20-11)21-14(22)8-4-5-19-12(18)6-8/h1-7H,(H2,18,19)(H,20,21,22). The first kappa shape index (κ1) is 15.0. The summed E-state index contributed by atoms with van der Waals surface area (Å²) in [6, 6.07) is 6.49. The lowest BCUT2D eigenvalue weighted by atomic mass is 10.1. The topological polar surface area (TPSA) is 80.9 Å². The molecule has 2 aromatic heterocycles. The SMILES string of the molecule is Nc1cc(C(=O)Nc2nc(-c3c(F)cccc3F)cs2)ccn1. The average molecular weight is 332 g/mol. The Bertz CT molecular complexity index is 861. The highest BCUT2D eigenvalue weighted by Gasteiger charge is 2.15. The van der Waals surface area contributed by atoms with Crippen LogP contribution < -0.4 is 11.1 Å². The summed E-state index contributed by atoms with van der Waals surface area (Å²) in [7, 11) is 0. The molecule has 0 aliphatic rings. The first-order valence-electron chi connectivity index (χ1n) is 6.47. The van der Waals surface area contributed by atoms with Crippen molar-refractivity contribution in [3.8, 4) is 11.3 Å². The van der Waals surface area contributed by atoms with Crippen molar-refractivity contribution in [1.82, 2.24) is 9.97 Å². The minimum absolute atomic E-state index is 0.121. The van der Waals surface area contributed by atoms with Crippen molar-refractivity contribution in [2.24, 2.45) is 0 Å². The van der Waals surface area contributed by atoms with Crippen LogP contribution in [0.3, 0.4) is 0 Å². The van der Waals surface area contributed by atoms with Gasteiger partial charge in [-0.15, -0.1) is 11.3 Å². The number of carbonyl (C=O) groups is 1. The van der Waals surface area contributed by atoms with E-state index in [0.717, 1.165) is 23.5 Å². The van der Waals surface area contributed by atoms with Crippen LogP contribution in [-0.2, 0) is 0 Å². The molecular formula is C15H10F2N4OS. The summed E-state index contributed by atoms with van der Waals surface area (Å²) < 4.78 is 27.5. The van der Waals surface area contributed by atoms with Crippen molar-refractivity contribution in [1.29, 1.82) is 0 Å². The van der Waals surface area contributed by atoms with Crippen molar-refractivity contribution in [3.05, 3.63) is 59.1 Å². The largest absolute Gasteiger partial charge is 0.384 e. The first-order chi connectivity index (χ1) is 11.0. The fourth-order valence-electron chi connectivity index (χ4n) is 1.95. The number of rotatable bonds is 3. The Morgan fingerprint density at radius 2 is 1.96 bits per heavy atom. The molecule has 5 nitrogen and oxygen atoms in total. The van der Waals surface area contributed by atoms with E-state index < -0.39 is 17.5 Å². The van der Waals surface area contributed by atoms with Crippen LogP contribution in [0.1, 0.15) is 10.4 Å². The zero-order valence-corrected chi connectivity index (χ0v) is 12.4. The molecule has 0 saturated heterocycles. The van der Waals surface area contributed by atoms with Gasteiger partial charge in [0.15, 0.2) is 5.13 Å². The highest BCUT2D eigenvalue weighted by molar-refractivity contribution is 7.14. The molecule has 1 amide bonds. The number of thiazole rings is 1.